The summed E-state index contributed by atoms with van der Waals surface area (Å²) in [5.74, 6) is 1.13. The summed E-state index contributed by atoms with van der Waals surface area (Å²) in [6.07, 6.45) is 6.00. The Bertz CT molecular complexity index is 1180. The van der Waals surface area contributed by atoms with Crippen LogP contribution in [0.4, 0.5) is 5.69 Å². The first-order valence-electron chi connectivity index (χ1n) is 9.66. The number of hydrogen-bond acceptors (Lipinski definition) is 4. The number of amides is 1. The monoisotopic (exact) mass is 387 g/mol. The third-order valence-electron chi connectivity index (χ3n) is 5.24. The van der Waals surface area contributed by atoms with Crippen LogP contribution in [0.25, 0.3) is 22.0 Å². The van der Waals surface area contributed by atoms with Gasteiger partial charge in [0.2, 0.25) is 0 Å². The van der Waals surface area contributed by atoms with E-state index in [9.17, 15) is 4.79 Å². The quantitative estimate of drug-likeness (QED) is 0.522. The van der Waals surface area contributed by atoms with E-state index in [1.54, 1.807) is 19.4 Å². The minimum absolute atomic E-state index is 0.169. The molecule has 0 atom stereocenters. The molecule has 4 aromatic rings. The Kier molecular flexibility index (Phi) is 4.27. The SMILES string of the molecule is COc1cccc(NC(=O)c2c3ccc(-c4cn[nH]c4)cc3nn2CC2CC2)c1. The van der Waals surface area contributed by atoms with Gasteiger partial charge in [0.15, 0.2) is 0 Å². The van der Waals surface area contributed by atoms with Crippen LogP contribution >= 0.6 is 0 Å². The van der Waals surface area contributed by atoms with E-state index in [0.717, 1.165) is 28.6 Å². The van der Waals surface area contributed by atoms with Crippen molar-refractivity contribution >= 4 is 22.5 Å². The van der Waals surface area contributed by atoms with E-state index in [1.807, 2.05) is 47.3 Å². The fourth-order valence-corrected chi connectivity index (χ4v) is 3.53. The lowest BCUT2D eigenvalue weighted by molar-refractivity contribution is 0.101. The Labute approximate surface area is 167 Å². The molecule has 2 aromatic heterocycles. The number of carbonyl (C=O) groups is 1. The van der Waals surface area contributed by atoms with E-state index in [-0.39, 0.29) is 5.91 Å². The van der Waals surface area contributed by atoms with Gasteiger partial charge in [0, 0.05) is 35.4 Å². The Hall–Kier alpha value is -3.61. The lowest BCUT2D eigenvalue weighted by Crippen LogP contribution is -2.18. The number of aromatic nitrogens is 4. The van der Waals surface area contributed by atoms with E-state index < -0.39 is 0 Å². The third-order valence-corrected chi connectivity index (χ3v) is 5.24. The normalized spacial score (nSPS) is 13.6. The van der Waals surface area contributed by atoms with E-state index in [0.29, 0.717) is 23.0 Å². The number of H-pyrrole nitrogens is 1. The van der Waals surface area contributed by atoms with Crippen molar-refractivity contribution < 1.29 is 9.53 Å². The molecule has 0 bridgehead atoms. The summed E-state index contributed by atoms with van der Waals surface area (Å²) in [4.78, 5) is 13.2. The number of methoxy groups -OCH3 is 1. The number of aromatic amines is 1. The molecular weight excluding hydrogens is 366 g/mol. The van der Waals surface area contributed by atoms with Crippen molar-refractivity contribution in [2.75, 3.05) is 12.4 Å². The molecule has 7 nitrogen and oxygen atoms in total. The zero-order valence-corrected chi connectivity index (χ0v) is 16.1. The van der Waals surface area contributed by atoms with Gasteiger partial charge in [-0.15, -0.1) is 0 Å². The molecule has 0 spiro atoms. The predicted octanol–water partition coefficient (Wildman–Crippen LogP) is 4.10. The lowest BCUT2D eigenvalue weighted by atomic mass is 10.1. The van der Waals surface area contributed by atoms with Crippen LogP contribution in [0.3, 0.4) is 0 Å². The van der Waals surface area contributed by atoms with Crippen LogP contribution in [0.5, 0.6) is 5.75 Å². The van der Waals surface area contributed by atoms with Crippen molar-refractivity contribution in [3.8, 4) is 16.9 Å². The molecule has 2 N–H and O–H groups in total. The average molecular weight is 387 g/mol. The molecule has 0 aliphatic heterocycles. The van der Waals surface area contributed by atoms with Gasteiger partial charge in [-0.3, -0.25) is 14.6 Å². The van der Waals surface area contributed by atoms with Crippen LogP contribution in [0.1, 0.15) is 23.3 Å². The minimum atomic E-state index is -0.169. The van der Waals surface area contributed by atoms with Gasteiger partial charge < -0.3 is 10.1 Å². The van der Waals surface area contributed by atoms with Gasteiger partial charge in [0.1, 0.15) is 11.4 Å². The standard InChI is InChI=1S/C22H21N5O2/c1-29-18-4-2-3-17(10-18)25-22(28)21-19-8-7-15(16-11-23-24-12-16)9-20(19)26-27(21)13-14-5-6-14/h2-4,7-12,14H,5-6,13H2,1H3,(H,23,24)(H,25,28). The average Bonchev–Trinajstić information content (AvgIpc) is 3.24. The second kappa shape index (κ2) is 7.09. The van der Waals surface area contributed by atoms with E-state index >= 15 is 0 Å². The fourth-order valence-electron chi connectivity index (χ4n) is 3.53. The Balaban J connectivity index is 1.53. The molecule has 1 aliphatic carbocycles. The number of benzene rings is 2. The number of rotatable bonds is 6. The second-order valence-corrected chi connectivity index (χ2v) is 7.38. The predicted molar refractivity (Wildman–Crippen MR) is 111 cm³/mol. The van der Waals surface area contributed by atoms with Gasteiger partial charge in [-0.25, -0.2) is 0 Å². The molecule has 29 heavy (non-hydrogen) atoms. The number of carbonyl (C=O) groups excluding carboxylic acids is 1. The summed E-state index contributed by atoms with van der Waals surface area (Å²) in [5, 5.41) is 15.4. The van der Waals surface area contributed by atoms with Crippen LogP contribution in [0.15, 0.2) is 54.9 Å². The topological polar surface area (TPSA) is 84.8 Å². The maximum Gasteiger partial charge on any atom is 0.274 e. The molecule has 0 saturated heterocycles. The lowest BCUT2D eigenvalue weighted by Gasteiger charge is -2.09. The van der Waals surface area contributed by atoms with Crippen molar-refractivity contribution in [1.82, 2.24) is 20.0 Å². The van der Waals surface area contributed by atoms with Crippen LogP contribution in [-0.2, 0) is 6.54 Å². The number of nitrogens with zero attached hydrogens (tertiary/aromatic N) is 3. The molecule has 1 saturated carbocycles. The smallest absolute Gasteiger partial charge is 0.274 e. The van der Waals surface area contributed by atoms with Gasteiger partial charge in [0.25, 0.3) is 5.91 Å². The van der Waals surface area contributed by atoms with Crippen LogP contribution < -0.4 is 10.1 Å². The highest BCUT2D eigenvalue weighted by Gasteiger charge is 2.26. The minimum Gasteiger partial charge on any atom is -0.497 e. The first-order chi connectivity index (χ1) is 14.2. The number of fused-ring (bicyclic) bond motifs is 1. The van der Waals surface area contributed by atoms with Gasteiger partial charge in [-0.1, -0.05) is 12.1 Å². The first-order valence-corrected chi connectivity index (χ1v) is 9.66. The van der Waals surface area contributed by atoms with Crippen LogP contribution in [-0.4, -0.2) is 33.0 Å². The molecule has 1 aliphatic rings. The van der Waals surface area contributed by atoms with E-state index in [2.05, 4.69) is 15.5 Å². The molecule has 146 valence electrons. The first kappa shape index (κ1) is 17.5. The van der Waals surface area contributed by atoms with Crippen molar-refractivity contribution in [2.24, 2.45) is 5.92 Å². The highest BCUT2D eigenvalue weighted by molar-refractivity contribution is 6.11. The van der Waals surface area contributed by atoms with Crippen molar-refractivity contribution in [3.63, 3.8) is 0 Å². The van der Waals surface area contributed by atoms with Gasteiger partial charge in [0.05, 0.1) is 18.8 Å². The van der Waals surface area contributed by atoms with Gasteiger partial charge in [-0.2, -0.15) is 10.2 Å². The summed E-state index contributed by atoms with van der Waals surface area (Å²) < 4.78 is 7.11. The fraction of sp³-hybridized carbons (Fsp3) is 0.227. The number of ether oxygens (including phenoxy) is 1. The molecular formula is C22H21N5O2. The third kappa shape index (κ3) is 3.47. The molecule has 0 unspecified atom stereocenters. The maximum absolute atomic E-state index is 13.2. The van der Waals surface area contributed by atoms with Crippen LogP contribution in [0.2, 0.25) is 0 Å². The zero-order chi connectivity index (χ0) is 19.8. The molecule has 1 amide bonds. The summed E-state index contributed by atoms with van der Waals surface area (Å²) in [6, 6.07) is 13.3. The number of anilines is 1. The summed E-state index contributed by atoms with van der Waals surface area (Å²) >= 11 is 0. The van der Waals surface area contributed by atoms with Crippen molar-refractivity contribution in [2.45, 2.75) is 19.4 Å². The molecule has 2 aromatic carbocycles. The molecule has 0 radical (unpaired) electrons. The molecule has 1 fully saturated rings. The van der Waals surface area contributed by atoms with Gasteiger partial charge in [-0.05, 0) is 48.6 Å². The number of hydrogen-bond donors (Lipinski definition) is 2. The summed E-state index contributed by atoms with van der Waals surface area (Å²) in [7, 11) is 1.61. The van der Waals surface area contributed by atoms with Crippen LogP contribution in [0, 0.1) is 5.92 Å². The van der Waals surface area contributed by atoms with E-state index in [4.69, 9.17) is 9.84 Å². The molecule has 5 rings (SSSR count). The van der Waals surface area contributed by atoms with E-state index in [1.165, 1.54) is 12.8 Å². The second-order valence-electron chi connectivity index (χ2n) is 7.38. The summed E-state index contributed by atoms with van der Waals surface area (Å²) in [5.41, 5.74) is 4.10. The molecule has 7 heteroatoms. The summed E-state index contributed by atoms with van der Waals surface area (Å²) in [6.45, 7) is 0.761. The van der Waals surface area contributed by atoms with Gasteiger partial charge >= 0.3 is 0 Å². The van der Waals surface area contributed by atoms with Crippen molar-refractivity contribution in [3.05, 3.63) is 60.6 Å². The Morgan fingerprint density at radius 3 is 2.90 bits per heavy atom. The molecule has 2 heterocycles. The Morgan fingerprint density at radius 2 is 2.14 bits per heavy atom. The number of nitrogens with one attached hydrogen (secondary N) is 2. The Morgan fingerprint density at radius 1 is 1.24 bits per heavy atom. The zero-order valence-electron chi connectivity index (χ0n) is 16.1. The highest BCUT2D eigenvalue weighted by atomic mass is 16.5. The largest absolute Gasteiger partial charge is 0.497 e. The highest BCUT2D eigenvalue weighted by Crippen LogP contribution is 2.33. The van der Waals surface area contributed by atoms with Crippen molar-refractivity contribution in [1.29, 1.82) is 0 Å². The maximum atomic E-state index is 13.2.